The van der Waals surface area contributed by atoms with Crippen LogP contribution in [0.3, 0.4) is 0 Å². The van der Waals surface area contributed by atoms with Gasteiger partial charge in [0.2, 0.25) is 5.82 Å². The average Bonchev–Trinajstić information content (AvgIpc) is 2.29. The predicted molar refractivity (Wildman–Crippen MR) is 71.0 cm³/mol. The second kappa shape index (κ2) is 4.80. The fourth-order valence-electron chi connectivity index (χ4n) is 1.78. The van der Waals surface area contributed by atoms with Crippen LogP contribution in [0.15, 0.2) is 24.3 Å². The average molecular weight is 242 g/mol. The standard InChI is InChI=1S/C14H18N4/c1-10-15-17-13(18-16-10)12-7-5-11(6-8-12)9-14(2,3)4/h5-8H,9H2,1-4H3. The molecule has 4 heteroatoms. The molecule has 0 N–H and O–H groups in total. The molecule has 0 aliphatic carbocycles. The van der Waals surface area contributed by atoms with Gasteiger partial charge in [0, 0.05) is 5.56 Å². The Morgan fingerprint density at radius 2 is 1.44 bits per heavy atom. The van der Waals surface area contributed by atoms with Crippen molar-refractivity contribution in [2.75, 3.05) is 0 Å². The summed E-state index contributed by atoms with van der Waals surface area (Å²) in [7, 11) is 0. The molecule has 1 aromatic heterocycles. The lowest BCUT2D eigenvalue weighted by molar-refractivity contribution is 0.411. The van der Waals surface area contributed by atoms with Gasteiger partial charge in [0.05, 0.1) is 0 Å². The topological polar surface area (TPSA) is 51.6 Å². The largest absolute Gasteiger partial charge is 0.203 e. The summed E-state index contributed by atoms with van der Waals surface area (Å²) in [6, 6.07) is 8.28. The molecule has 1 heterocycles. The van der Waals surface area contributed by atoms with Crippen LogP contribution in [0.5, 0.6) is 0 Å². The van der Waals surface area contributed by atoms with Gasteiger partial charge in [-0.2, -0.15) is 0 Å². The lowest BCUT2D eigenvalue weighted by Gasteiger charge is -2.18. The summed E-state index contributed by atoms with van der Waals surface area (Å²) in [5.41, 5.74) is 2.57. The molecule has 18 heavy (non-hydrogen) atoms. The van der Waals surface area contributed by atoms with Crippen molar-refractivity contribution in [3.63, 3.8) is 0 Å². The van der Waals surface area contributed by atoms with Crippen molar-refractivity contribution in [1.29, 1.82) is 0 Å². The van der Waals surface area contributed by atoms with Crippen LogP contribution < -0.4 is 0 Å². The Kier molecular flexibility index (Phi) is 3.36. The van der Waals surface area contributed by atoms with Crippen molar-refractivity contribution < 1.29 is 0 Å². The van der Waals surface area contributed by atoms with Crippen LogP contribution in [-0.2, 0) is 6.42 Å². The normalized spacial score (nSPS) is 11.6. The van der Waals surface area contributed by atoms with E-state index in [-0.39, 0.29) is 0 Å². The number of benzene rings is 1. The quantitative estimate of drug-likeness (QED) is 0.812. The fraction of sp³-hybridized carbons (Fsp3) is 0.429. The van der Waals surface area contributed by atoms with E-state index in [0.717, 1.165) is 12.0 Å². The minimum absolute atomic E-state index is 0.297. The molecule has 0 bridgehead atoms. The first-order valence-electron chi connectivity index (χ1n) is 6.07. The van der Waals surface area contributed by atoms with Gasteiger partial charge in [-0.3, -0.25) is 0 Å². The zero-order chi connectivity index (χ0) is 13.2. The Balaban J connectivity index is 2.20. The van der Waals surface area contributed by atoms with E-state index in [9.17, 15) is 0 Å². The van der Waals surface area contributed by atoms with Gasteiger partial charge in [-0.25, -0.2) is 0 Å². The van der Waals surface area contributed by atoms with E-state index in [1.54, 1.807) is 6.92 Å². The van der Waals surface area contributed by atoms with E-state index in [0.29, 0.717) is 17.1 Å². The van der Waals surface area contributed by atoms with Crippen molar-refractivity contribution in [3.8, 4) is 11.4 Å². The van der Waals surface area contributed by atoms with Crippen molar-refractivity contribution in [2.45, 2.75) is 34.1 Å². The van der Waals surface area contributed by atoms with Crippen LogP contribution in [0, 0.1) is 12.3 Å². The molecule has 2 rings (SSSR count). The van der Waals surface area contributed by atoms with E-state index in [4.69, 9.17) is 0 Å². The van der Waals surface area contributed by atoms with Crippen LogP contribution in [0.2, 0.25) is 0 Å². The second-order valence-electron chi connectivity index (χ2n) is 5.71. The molecule has 0 unspecified atom stereocenters. The SMILES string of the molecule is Cc1nnc(-c2ccc(CC(C)(C)C)cc2)nn1. The highest BCUT2D eigenvalue weighted by Gasteiger charge is 2.11. The lowest BCUT2D eigenvalue weighted by Crippen LogP contribution is -2.08. The van der Waals surface area contributed by atoms with Crippen LogP contribution >= 0.6 is 0 Å². The monoisotopic (exact) mass is 242 g/mol. The maximum Gasteiger partial charge on any atom is 0.203 e. The molecule has 0 aliphatic rings. The molecule has 0 saturated carbocycles. The number of hydrogen-bond donors (Lipinski definition) is 0. The van der Waals surface area contributed by atoms with Crippen LogP contribution in [0.1, 0.15) is 32.2 Å². The first kappa shape index (κ1) is 12.6. The maximum atomic E-state index is 4.03. The highest BCUT2D eigenvalue weighted by Crippen LogP contribution is 2.22. The molecule has 94 valence electrons. The number of rotatable bonds is 2. The highest BCUT2D eigenvalue weighted by molar-refractivity contribution is 5.54. The Morgan fingerprint density at radius 1 is 0.889 bits per heavy atom. The van der Waals surface area contributed by atoms with Crippen LogP contribution in [0.4, 0.5) is 0 Å². The summed E-state index contributed by atoms with van der Waals surface area (Å²) < 4.78 is 0. The Labute approximate surface area is 107 Å². The molecule has 0 spiro atoms. The maximum absolute atomic E-state index is 4.03. The smallest absolute Gasteiger partial charge is 0.131 e. The molecule has 0 saturated heterocycles. The molecular weight excluding hydrogens is 224 g/mol. The third-order valence-electron chi connectivity index (χ3n) is 2.53. The van der Waals surface area contributed by atoms with E-state index >= 15 is 0 Å². The third-order valence-corrected chi connectivity index (χ3v) is 2.53. The van der Waals surface area contributed by atoms with E-state index in [2.05, 4.69) is 53.3 Å². The Morgan fingerprint density at radius 3 is 1.94 bits per heavy atom. The molecule has 0 radical (unpaired) electrons. The van der Waals surface area contributed by atoms with Crippen molar-refractivity contribution in [2.24, 2.45) is 5.41 Å². The summed E-state index contributed by atoms with van der Waals surface area (Å²) in [5.74, 6) is 1.16. The van der Waals surface area contributed by atoms with Crippen molar-refractivity contribution in [1.82, 2.24) is 20.4 Å². The van der Waals surface area contributed by atoms with Gasteiger partial charge < -0.3 is 0 Å². The van der Waals surface area contributed by atoms with Crippen molar-refractivity contribution in [3.05, 3.63) is 35.7 Å². The number of nitrogens with zero attached hydrogens (tertiary/aromatic N) is 4. The molecule has 4 nitrogen and oxygen atoms in total. The zero-order valence-corrected chi connectivity index (χ0v) is 11.3. The zero-order valence-electron chi connectivity index (χ0n) is 11.3. The van der Waals surface area contributed by atoms with Crippen LogP contribution in [0.25, 0.3) is 11.4 Å². The van der Waals surface area contributed by atoms with Gasteiger partial charge in [-0.1, -0.05) is 45.0 Å². The van der Waals surface area contributed by atoms with Gasteiger partial charge in [-0.05, 0) is 24.3 Å². The summed E-state index contributed by atoms with van der Waals surface area (Å²) >= 11 is 0. The molecule has 2 aromatic rings. The molecule has 0 amide bonds. The molecule has 1 aromatic carbocycles. The van der Waals surface area contributed by atoms with E-state index in [1.807, 2.05) is 12.1 Å². The fourth-order valence-corrected chi connectivity index (χ4v) is 1.78. The van der Waals surface area contributed by atoms with Gasteiger partial charge in [-0.15, -0.1) is 20.4 Å². The number of aryl methyl sites for hydroxylation is 1. The third kappa shape index (κ3) is 3.32. The lowest BCUT2D eigenvalue weighted by atomic mass is 9.88. The van der Waals surface area contributed by atoms with E-state index in [1.165, 1.54) is 5.56 Å². The summed E-state index contributed by atoms with van der Waals surface area (Å²) in [6.45, 7) is 8.48. The molecule has 0 atom stereocenters. The molecular formula is C14H18N4. The summed E-state index contributed by atoms with van der Waals surface area (Å²) in [6.07, 6.45) is 1.05. The second-order valence-corrected chi connectivity index (χ2v) is 5.71. The van der Waals surface area contributed by atoms with Gasteiger partial charge >= 0.3 is 0 Å². The van der Waals surface area contributed by atoms with Gasteiger partial charge in [0.25, 0.3) is 0 Å². The first-order chi connectivity index (χ1) is 8.44. The Hall–Kier alpha value is -1.84. The van der Waals surface area contributed by atoms with E-state index < -0.39 is 0 Å². The summed E-state index contributed by atoms with van der Waals surface area (Å²) in [4.78, 5) is 0. The first-order valence-corrected chi connectivity index (χ1v) is 6.07. The van der Waals surface area contributed by atoms with Gasteiger partial charge in [0.15, 0.2) is 5.82 Å². The summed E-state index contributed by atoms with van der Waals surface area (Å²) in [5, 5.41) is 15.9. The number of aromatic nitrogens is 4. The minimum Gasteiger partial charge on any atom is -0.131 e. The minimum atomic E-state index is 0.297. The molecule has 0 aliphatic heterocycles. The van der Waals surface area contributed by atoms with Crippen molar-refractivity contribution >= 4 is 0 Å². The number of hydrogen-bond acceptors (Lipinski definition) is 4. The highest BCUT2D eigenvalue weighted by atomic mass is 15.3. The van der Waals surface area contributed by atoms with Crippen LogP contribution in [-0.4, -0.2) is 20.4 Å². The molecule has 0 fully saturated rings. The Bertz CT molecular complexity index is 509. The predicted octanol–water partition coefficient (Wildman–Crippen LogP) is 2.83. The van der Waals surface area contributed by atoms with Gasteiger partial charge in [0.1, 0.15) is 0 Å².